The number of aryl methyl sites for hydroxylation is 2. The lowest BCUT2D eigenvalue weighted by atomic mass is 10.1. The van der Waals surface area contributed by atoms with Gasteiger partial charge >= 0.3 is 0 Å². The van der Waals surface area contributed by atoms with E-state index in [9.17, 15) is 9.59 Å². The van der Waals surface area contributed by atoms with Gasteiger partial charge in [-0.15, -0.1) is 0 Å². The van der Waals surface area contributed by atoms with Crippen LogP contribution >= 0.6 is 11.6 Å². The van der Waals surface area contributed by atoms with Crippen LogP contribution in [0.5, 0.6) is 0 Å². The SMILES string of the molecule is COCCCNC(=O)C1CC(=O)N(c2c(C)cc(C)cc2Cl)C1. The summed E-state index contributed by atoms with van der Waals surface area (Å²) in [6.45, 7) is 5.43. The van der Waals surface area contributed by atoms with Crippen molar-refractivity contribution in [2.24, 2.45) is 5.92 Å². The quantitative estimate of drug-likeness (QED) is 0.811. The molecule has 1 aromatic rings. The van der Waals surface area contributed by atoms with Crippen molar-refractivity contribution in [2.75, 3.05) is 31.7 Å². The highest BCUT2D eigenvalue weighted by Crippen LogP contribution is 2.35. The second kappa shape index (κ2) is 7.79. The van der Waals surface area contributed by atoms with E-state index in [1.807, 2.05) is 26.0 Å². The zero-order valence-electron chi connectivity index (χ0n) is 13.8. The monoisotopic (exact) mass is 338 g/mol. The molecule has 2 rings (SSSR count). The first kappa shape index (κ1) is 17.8. The summed E-state index contributed by atoms with van der Waals surface area (Å²) in [4.78, 5) is 26.1. The highest BCUT2D eigenvalue weighted by molar-refractivity contribution is 6.34. The Bertz CT molecular complexity index is 580. The Kier molecular flexibility index (Phi) is 6.02. The van der Waals surface area contributed by atoms with Gasteiger partial charge in [0.2, 0.25) is 11.8 Å². The number of hydrogen-bond acceptors (Lipinski definition) is 3. The highest BCUT2D eigenvalue weighted by atomic mass is 35.5. The van der Waals surface area contributed by atoms with Crippen molar-refractivity contribution in [2.45, 2.75) is 26.7 Å². The van der Waals surface area contributed by atoms with E-state index in [2.05, 4.69) is 5.32 Å². The number of amides is 2. The third-order valence-electron chi connectivity index (χ3n) is 3.99. The molecule has 1 N–H and O–H groups in total. The Labute approximate surface area is 141 Å². The van der Waals surface area contributed by atoms with Crippen LogP contribution in [0, 0.1) is 19.8 Å². The average molecular weight is 339 g/mol. The van der Waals surface area contributed by atoms with Crippen LogP contribution in [0.4, 0.5) is 5.69 Å². The molecule has 0 saturated carbocycles. The molecule has 0 aliphatic carbocycles. The van der Waals surface area contributed by atoms with E-state index in [1.54, 1.807) is 12.0 Å². The van der Waals surface area contributed by atoms with Crippen LogP contribution in [0.25, 0.3) is 0 Å². The maximum Gasteiger partial charge on any atom is 0.227 e. The molecule has 1 atom stereocenters. The molecule has 1 unspecified atom stereocenters. The van der Waals surface area contributed by atoms with E-state index >= 15 is 0 Å². The minimum absolute atomic E-state index is 0.0594. The van der Waals surface area contributed by atoms with Gasteiger partial charge in [0, 0.05) is 33.2 Å². The molecule has 0 aromatic heterocycles. The van der Waals surface area contributed by atoms with Crippen LogP contribution in [0.3, 0.4) is 0 Å². The molecule has 1 aliphatic rings. The summed E-state index contributed by atoms with van der Waals surface area (Å²) in [5.74, 6) is -0.476. The molecule has 126 valence electrons. The number of ether oxygens (including phenoxy) is 1. The second-order valence-corrected chi connectivity index (χ2v) is 6.36. The summed E-state index contributed by atoms with van der Waals surface area (Å²) in [6.07, 6.45) is 0.981. The van der Waals surface area contributed by atoms with Crippen molar-refractivity contribution < 1.29 is 14.3 Å². The molecule has 5 nitrogen and oxygen atoms in total. The smallest absolute Gasteiger partial charge is 0.227 e. The summed E-state index contributed by atoms with van der Waals surface area (Å²) in [6, 6.07) is 3.84. The van der Waals surface area contributed by atoms with Crippen LogP contribution in [0.2, 0.25) is 5.02 Å². The summed E-state index contributed by atoms with van der Waals surface area (Å²) in [5, 5.41) is 3.41. The molecule has 1 saturated heterocycles. The lowest BCUT2D eigenvalue weighted by molar-refractivity contribution is -0.126. The fourth-order valence-electron chi connectivity index (χ4n) is 2.92. The van der Waals surface area contributed by atoms with E-state index in [1.165, 1.54) is 0 Å². The van der Waals surface area contributed by atoms with Crippen molar-refractivity contribution in [3.63, 3.8) is 0 Å². The summed E-state index contributed by atoms with van der Waals surface area (Å²) in [7, 11) is 1.63. The predicted molar refractivity (Wildman–Crippen MR) is 90.9 cm³/mol. The Morgan fingerprint density at radius 1 is 1.43 bits per heavy atom. The number of nitrogens with zero attached hydrogens (tertiary/aromatic N) is 1. The van der Waals surface area contributed by atoms with Crippen molar-refractivity contribution in [3.8, 4) is 0 Å². The lowest BCUT2D eigenvalue weighted by Crippen LogP contribution is -2.34. The largest absolute Gasteiger partial charge is 0.385 e. The van der Waals surface area contributed by atoms with Crippen LogP contribution in [0.1, 0.15) is 24.0 Å². The van der Waals surface area contributed by atoms with Crippen molar-refractivity contribution >= 4 is 29.1 Å². The predicted octanol–water partition coefficient (Wildman–Crippen LogP) is 2.46. The minimum Gasteiger partial charge on any atom is -0.385 e. The van der Waals surface area contributed by atoms with Crippen LogP contribution in [-0.4, -0.2) is 38.6 Å². The third kappa shape index (κ3) is 4.24. The van der Waals surface area contributed by atoms with E-state index in [-0.39, 0.29) is 24.2 Å². The normalized spacial score (nSPS) is 17.7. The van der Waals surface area contributed by atoms with Crippen LogP contribution < -0.4 is 10.2 Å². The Morgan fingerprint density at radius 2 is 2.17 bits per heavy atom. The lowest BCUT2D eigenvalue weighted by Gasteiger charge is -2.21. The van der Waals surface area contributed by atoms with Gasteiger partial charge in [-0.05, 0) is 37.5 Å². The van der Waals surface area contributed by atoms with E-state index in [0.29, 0.717) is 24.7 Å². The van der Waals surface area contributed by atoms with Crippen LogP contribution in [-0.2, 0) is 14.3 Å². The molecule has 0 spiro atoms. The van der Waals surface area contributed by atoms with Gasteiger partial charge in [-0.1, -0.05) is 17.7 Å². The number of carbonyl (C=O) groups is 2. The van der Waals surface area contributed by atoms with E-state index in [0.717, 1.165) is 23.2 Å². The first-order chi connectivity index (χ1) is 10.9. The van der Waals surface area contributed by atoms with Crippen LogP contribution in [0.15, 0.2) is 12.1 Å². The first-order valence-electron chi connectivity index (χ1n) is 7.77. The third-order valence-corrected chi connectivity index (χ3v) is 4.28. The topological polar surface area (TPSA) is 58.6 Å². The number of carbonyl (C=O) groups excluding carboxylic acids is 2. The van der Waals surface area contributed by atoms with Crippen molar-refractivity contribution in [1.82, 2.24) is 5.32 Å². The van der Waals surface area contributed by atoms with Gasteiger partial charge in [-0.25, -0.2) is 0 Å². The molecular formula is C17H23ClN2O3. The first-order valence-corrected chi connectivity index (χ1v) is 8.15. The van der Waals surface area contributed by atoms with Gasteiger partial charge in [-0.2, -0.15) is 0 Å². The number of nitrogens with one attached hydrogen (secondary N) is 1. The van der Waals surface area contributed by atoms with Gasteiger partial charge < -0.3 is 15.0 Å². The molecule has 23 heavy (non-hydrogen) atoms. The molecule has 1 aliphatic heterocycles. The van der Waals surface area contributed by atoms with Crippen molar-refractivity contribution in [3.05, 3.63) is 28.3 Å². The van der Waals surface area contributed by atoms with Gasteiger partial charge in [0.05, 0.1) is 16.6 Å². The van der Waals surface area contributed by atoms with Gasteiger partial charge in [0.25, 0.3) is 0 Å². The summed E-state index contributed by atoms with van der Waals surface area (Å²) >= 11 is 6.32. The zero-order chi connectivity index (χ0) is 17.0. The number of halogens is 1. The van der Waals surface area contributed by atoms with Gasteiger partial charge in [-0.3, -0.25) is 9.59 Å². The average Bonchev–Trinajstić information content (AvgIpc) is 2.84. The molecule has 1 aromatic carbocycles. The van der Waals surface area contributed by atoms with E-state index in [4.69, 9.17) is 16.3 Å². The number of benzene rings is 1. The Hall–Kier alpha value is -1.59. The Balaban J connectivity index is 2.04. The highest BCUT2D eigenvalue weighted by Gasteiger charge is 2.36. The van der Waals surface area contributed by atoms with Gasteiger partial charge in [0.15, 0.2) is 0 Å². The number of methoxy groups -OCH3 is 1. The summed E-state index contributed by atoms with van der Waals surface area (Å²) < 4.78 is 4.95. The minimum atomic E-state index is -0.332. The fraction of sp³-hybridized carbons (Fsp3) is 0.529. The number of hydrogen-bond donors (Lipinski definition) is 1. The maximum atomic E-state index is 12.3. The molecular weight excluding hydrogens is 316 g/mol. The molecule has 0 radical (unpaired) electrons. The Morgan fingerprint density at radius 3 is 2.83 bits per heavy atom. The van der Waals surface area contributed by atoms with Crippen molar-refractivity contribution in [1.29, 1.82) is 0 Å². The van der Waals surface area contributed by atoms with E-state index < -0.39 is 0 Å². The molecule has 2 amide bonds. The zero-order valence-corrected chi connectivity index (χ0v) is 14.6. The molecule has 1 heterocycles. The second-order valence-electron chi connectivity index (χ2n) is 5.96. The fourth-order valence-corrected chi connectivity index (χ4v) is 3.34. The standard InChI is InChI=1S/C17H23ClN2O3/c1-11-7-12(2)16(14(18)8-11)20-10-13(9-15(20)21)17(22)19-5-4-6-23-3/h7-8,13H,4-6,9-10H2,1-3H3,(H,19,22). The maximum absolute atomic E-state index is 12.3. The number of anilines is 1. The molecule has 0 bridgehead atoms. The molecule has 1 fully saturated rings. The molecule has 6 heteroatoms. The van der Waals surface area contributed by atoms with Gasteiger partial charge in [0.1, 0.15) is 0 Å². The summed E-state index contributed by atoms with van der Waals surface area (Å²) in [5.41, 5.74) is 2.72. The number of rotatable bonds is 6.